The number of nitrogens with one attached hydrogen (secondary N) is 5. The smallest absolute Gasteiger partial charge is 0.203 e. The summed E-state index contributed by atoms with van der Waals surface area (Å²) in [6.45, 7) is 31.5. The molecule has 340 valence electrons. The summed E-state index contributed by atoms with van der Waals surface area (Å²) in [5, 5.41) is 18.7. The Morgan fingerprint density at radius 1 is 0.354 bits per heavy atom. The molecule has 21 nitrogen and oxygen atoms in total. The maximum absolute atomic E-state index is 4.38. The molecule has 0 fully saturated rings. The normalized spacial score (nSPS) is 12.2. The van der Waals surface area contributed by atoms with Gasteiger partial charge >= 0.3 is 0 Å². The number of aromatic amines is 5. The summed E-state index contributed by atoms with van der Waals surface area (Å²) in [6, 6.07) is 1.88. The van der Waals surface area contributed by atoms with Gasteiger partial charge in [0.2, 0.25) is 5.65 Å². The highest BCUT2D eigenvalue weighted by atomic mass is 15.3. The van der Waals surface area contributed by atoms with Gasteiger partial charge in [-0.15, -0.1) is 15.3 Å². The SMILES string of the molecule is CC(C)(C)c1nc2nccnc2[nH]1.CC(C)(C)c1nc2nccnc2[nH]1.CC(C)(C)c1nc2ncncc2[nH]1.CC(C)(C)c1nc2nnccc2[nH]1.CC(C)(C)c1nc2nnncc2[nH]1. The predicted molar refractivity (Wildman–Crippen MR) is 250 cm³/mol. The third-order valence-electron chi connectivity index (χ3n) is 9.24. The van der Waals surface area contributed by atoms with Crippen LogP contribution in [0.1, 0.15) is 133 Å². The molecule has 0 aliphatic carbocycles. The van der Waals surface area contributed by atoms with Crippen LogP contribution in [0.5, 0.6) is 0 Å². The van der Waals surface area contributed by atoms with Crippen LogP contribution in [-0.4, -0.2) is 105 Å². The first-order valence-corrected chi connectivity index (χ1v) is 21.1. The molecule has 10 aromatic rings. The van der Waals surface area contributed by atoms with Crippen LogP contribution in [0.3, 0.4) is 0 Å². The van der Waals surface area contributed by atoms with Crippen LogP contribution in [0.15, 0.2) is 55.8 Å². The lowest BCUT2D eigenvalue weighted by Crippen LogP contribution is -2.13. The fraction of sp³-hybridized carbons (Fsp3) is 0.455. The number of hydrogen-bond acceptors (Lipinski definition) is 16. The first-order chi connectivity index (χ1) is 30.4. The lowest BCUT2D eigenvalue weighted by Gasteiger charge is -2.13. The van der Waals surface area contributed by atoms with Gasteiger partial charge in [-0.25, -0.2) is 54.8 Å². The fourth-order valence-corrected chi connectivity index (χ4v) is 5.49. The molecule has 10 heterocycles. The zero-order chi connectivity index (χ0) is 47.4. The number of rotatable bonds is 0. The average molecular weight is 882 g/mol. The number of H-pyrrole nitrogens is 5. The molecule has 10 aromatic heterocycles. The lowest BCUT2D eigenvalue weighted by atomic mass is 9.96. The standard InChI is InChI=1S/4C9H12N4.C8H11N5/c1-9(2,3)8-12-6-4-10-5-11-7(6)13-8;2*1-9(2,3)8-12-6-7(13-8)11-5-4-10-6;1-9(2,3)8-11-6-4-5-10-13-7(6)12-8;1-8(2,3)7-10-5-4-9-13-12-6(5)11-7/h3*4-5H,1-3H3,(H,10,11,12,13);4-5H,1-3H3,(H,11,12,13);4H,1-3H3,(H,9,10,11,12). The van der Waals surface area contributed by atoms with Crippen molar-refractivity contribution in [1.82, 2.24) is 105 Å². The topological polar surface area (TPSA) is 285 Å². The summed E-state index contributed by atoms with van der Waals surface area (Å²) in [7, 11) is 0. The Hall–Kier alpha value is -7.32. The van der Waals surface area contributed by atoms with Crippen molar-refractivity contribution in [2.24, 2.45) is 0 Å². The van der Waals surface area contributed by atoms with Crippen molar-refractivity contribution in [3.63, 3.8) is 0 Å². The molecule has 5 N–H and O–H groups in total. The van der Waals surface area contributed by atoms with Gasteiger partial charge in [0, 0.05) is 51.9 Å². The van der Waals surface area contributed by atoms with Gasteiger partial charge in [0.1, 0.15) is 46.5 Å². The molecule has 0 aliphatic heterocycles. The van der Waals surface area contributed by atoms with Crippen molar-refractivity contribution in [2.45, 2.75) is 131 Å². The van der Waals surface area contributed by atoms with Gasteiger partial charge in [0.15, 0.2) is 33.9 Å². The minimum atomic E-state index is 0.000694. The van der Waals surface area contributed by atoms with Gasteiger partial charge in [-0.1, -0.05) is 104 Å². The van der Waals surface area contributed by atoms with E-state index in [0.29, 0.717) is 22.6 Å². The number of fused-ring (bicyclic) bond motifs is 5. The van der Waals surface area contributed by atoms with E-state index in [1.54, 1.807) is 43.4 Å². The van der Waals surface area contributed by atoms with Gasteiger partial charge in [-0.3, -0.25) is 0 Å². The molecule has 0 radical (unpaired) electrons. The van der Waals surface area contributed by atoms with Crippen molar-refractivity contribution in [3.8, 4) is 0 Å². The van der Waals surface area contributed by atoms with E-state index in [-0.39, 0.29) is 27.1 Å². The van der Waals surface area contributed by atoms with E-state index in [9.17, 15) is 0 Å². The van der Waals surface area contributed by atoms with E-state index in [0.717, 1.165) is 62.6 Å². The number of aromatic nitrogens is 21. The highest BCUT2D eigenvalue weighted by molar-refractivity contribution is 5.70. The summed E-state index contributed by atoms with van der Waals surface area (Å²) >= 11 is 0. The van der Waals surface area contributed by atoms with Crippen LogP contribution in [0.25, 0.3) is 56.1 Å². The van der Waals surface area contributed by atoms with Crippen molar-refractivity contribution >= 4 is 56.1 Å². The third-order valence-corrected chi connectivity index (χ3v) is 9.24. The van der Waals surface area contributed by atoms with E-state index in [2.05, 4.69) is 209 Å². The zero-order valence-electron chi connectivity index (χ0n) is 39.9. The van der Waals surface area contributed by atoms with E-state index in [4.69, 9.17) is 0 Å². The molecule has 0 atom stereocenters. The van der Waals surface area contributed by atoms with Crippen LogP contribution < -0.4 is 0 Å². The first kappa shape index (κ1) is 47.2. The molecule has 0 saturated heterocycles. The van der Waals surface area contributed by atoms with Gasteiger partial charge in [-0.2, -0.15) is 5.10 Å². The molecule has 10 rings (SSSR count). The highest BCUT2D eigenvalue weighted by Crippen LogP contribution is 2.24. The largest absolute Gasteiger partial charge is 0.340 e. The van der Waals surface area contributed by atoms with Crippen molar-refractivity contribution in [3.05, 3.63) is 84.9 Å². The van der Waals surface area contributed by atoms with Crippen molar-refractivity contribution < 1.29 is 0 Å². The second kappa shape index (κ2) is 18.4. The van der Waals surface area contributed by atoms with E-state index in [1.807, 2.05) is 6.07 Å². The molecule has 0 aromatic carbocycles. The molecular weight excluding hydrogens is 823 g/mol. The van der Waals surface area contributed by atoms with Gasteiger partial charge in [0.05, 0.1) is 24.1 Å². The van der Waals surface area contributed by atoms with Crippen LogP contribution in [0, 0.1) is 0 Å². The van der Waals surface area contributed by atoms with Crippen LogP contribution >= 0.6 is 0 Å². The maximum Gasteiger partial charge on any atom is 0.203 e. The van der Waals surface area contributed by atoms with Gasteiger partial charge in [0.25, 0.3) is 0 Å². The van der Waals surface area contributed by atoms with E-state index in [1.165, 1.54) is 6.33 Å². The van der Waals surface area contributed by atoms with E-state index >= 15 is 0 Å². The minimum absolute atomic E-state index is 0.000694. The van der Waals surface area contributed by atoms with Gasteiger partial charge in [-0.05, 0) is 11.3 Å². The molecule has 0 bridgehead atoms. The molecule has 0 saturated carbocycles. The molecule has 21 heteroatoms. The van der Waals surface area contributed by atoms with Gasteiger partial charge < -0.3 is 24.9 Å². The first-order valence-electron chi connectivity index (χ1n) is 21.1. The summed E-state index contributed by atoms with van der Waals surface area (Å²) in [5.74, 6) is 4.65. The summed E-state index contributed by atoms with van der Waals surface area (Å²) in [4.78, 5) is 62.1. The zero-order valence-corrected chi connectivity index (χ0v) is 39.9. The predicted octanol–water partition coefficient (Wildman–Crippen LogP) is 7.65. The van der Waals surface area contributed by atoms with Crippen LogP contribution in [-0.2, 0) is 27.1 Å². The number of nitrogens with zero attached hydrogens (tertiary/aromatic N) is 16. The number of imidazole rings is 5. The molecule has 0 amide bonds. The number of hydrogen-bond donors (Lipinski definition) is 5. The summed E-state index contributed by atoms with van der Waals surface area (Å²) < 4.78 is 0. The molecule has 0 aliphatic rings. The quantitative estimate of drug-likeness (QED) is 0.0977. The van der Waals surface area contributed by atoms with Crippen molar-refractivity contribution in [1.29, 1.82) is 0 Å². The second-order valence-corrected chi connectivity index (χ2v) is 20.3. The Balaban J connectivity index is 0.000000135. The summed E-state index contributed by atoms with van der Waals surface area (Å²) in [6.07, 6.45) is 13.2. The van der Waals surface area contributed by atoms with Crippen molar-refractivity contribution in [2.75, 3.05) is 0 Å². The summed E-state index contributed by atoms with van der Waals surface area (Å²) in [5.41, 5.74) is 7.70. The second-order valence-electron chi connectivity index (χ2n) is 20.3. The highest BCUT2D eigenvalue weighted by Gasteiger charge is 2.22. The average Bonchev–Trinajstić information content (AvgIpc) is 4.07. The molecule has 65 heavy (non-hydrogen) atoms. The third kappa shape index (κ3) is 12.2. The monoisotopic (exact) mass is 882 g/mol. The fourth-order valence-electron chi connectivity index (χ4n) is 5.49. The molecule has 0 spiro atoms. The van der Waals surface area contributed by atoms with E-state index < -0.39 is 0 Å². The molecule has 0 unspecified atom stereocenters. The Kier molecular flexibility index (Phi) is 13.4. The Morgan fingerprint density at radius 2 is 0.754 bits per heavy atom. The van der Waals surface area contributed by atoms with Crippen LogP contribution in [0.2, 0.25) is 0 Å². The Labute approximate surface area is 376 Å². The molecular formula is C44H59N21. The maximum atomic E-state index is 4.38. The minimum Gasteiger partial charge on any atom is -0.340 e. The van der Waals surface area contributed by atoms with Crippen LogP contribution in [0.4, 0.5) is 0 Å². The Morgan fingerprint density at radius 3 is 1.18 bits per heavy atom. The Bertz CT molecular complexity index is 2450. The lowest BCUT2D eigenvalue weighted by molar-refractivity contribution is 0.554.